The summed E-state index contributed by atoms with van der Waals surface area (Å²) >= 11 is 12.5. The SMILES string of the molecule is CSC(=S)N=Nc1c(O)n(CCN2CCOCC2)c2ccc(Cl)cc12. The van der Waals surface area contributed by atoms with Gasteiger partial charge in [0.2, 0.25) is 5.88 Å². The van der Waals surface area contributed by atoms with E-state index in [-0.39, 0.29) is 5.88 Å². The molecule has 0 aliphatic carbocycles. The van der Waals surface area contributed by atoms with Crippen molar-refractivity contribution in [1.29, 1.82) is 0 Å². The molecule has 1 N–H and O–H groups in total. The van der Waals surface area contributed by atoms with Crippen LogP contribution in [-0.2, 0) is 11.3 Å². The summed E-state index contributed by atoms with van der Waals surface area (Å²) < 4.78 is 7.63. The molecule has 0 amide bonds. The minimum atomic E-state index is 0.0816. The molecule has 0 bridgehead atoms. The Morgan fingerprint density at radius 1 is 1.36 bits per heavy atom. The number of thiocarbonyl (C=S) groups is 1. The molecule has 2 heterocycles. The summed E-state index contributed by atoms with van der Waals surface area (Å²) in [5.74, 6) is 0.0816. The number of aromatic hydroxyl groups is 1. The zero-order valence-electron chi connectivity index (χ0n) is 13.8. The molecule has 0 unspecified atom stereocenters. The van der Waals surface area contributed by atoms with Crippen molar-refractivity contribution in [2.75, 3.05) is 39.1 Å². The minimum absolute atomic E-state index is 0.0816. The van der Waals surface area contributed by atoms with Crippen molar-refractivity contribution in [3.05, 3.63) is 23.2 Å². The maximum absolute atomic E-state index is 10.7. The molecule has 1 fully saturated rings. The second kappa shape index (κ2) is 8.46. The van der Waals surface area contributed by atoms with E-state index in [0.29, 0.717) is 21.6 Å². The van der Waals surface area contributed by atoms with Gasteiger partial charge in [-0.15, -0.1) is 10.2 Å². The lowest BCUT2D eigenvalue weighted by Crippen LogP contribution is -2.38. The summed E-state index contributed by atoms with van der Waals surface area (Å²) in [6.07, 6.45) is 1.84. The molecule has 0 atom stereocenters. The highest BCUT2D eigenvalue weighted by atomic mass is 35.5. The molecule has 0 radical (unpaired) electrons. The summed E-state index contributed by atoms with van der Waals surface area (Å²) in [5.41, 5.74) is 1.27. The van der Waals surface area contributed by atoms with Gasteiger partial charge in [-0.05, 0) is 36.7 Å². The van der Waals surface area contributed by atoms with Crippen LogP contribution in [0, 0.1) is 0 Å². The lowest BCUT2D eigenvalue weighted by atomic mass is 10.2. The molecule has 1 aromatic heterocycles. The maximum Gasteiger partial charge on any atom is 0.220 e. The molecule has 1 aliphatic heterocycles. The van der Waals surface area contributed by atoms with Crippen LogP contribution in [0.25, 0.3) is 10.9 Å². The third-order valence-electron chi connectivity index (χ3n) is 4.12. The molecule has 1 aliphatic rings. The van der Waals surface area contributed by atoms with Gasteiger partial charge < -0.3 is 14.4 Å². The number of nitrogens with zero attached hydrogens (tertiary/aromatic N) is 4. The van der Waals surface area contributed by atoms with Gasteiger partial charge in [0, 0.05) is 36.6 Å². The Kier molecular flexibility index (Phi) is 6.29. The fraction of sp³-hybridized carbons (Fsp3) is 0.438. The first-order chi connectivity index (χ1) is 12.1. The van der Waals surface area contributed by atoms with E-state index in [1.807, 2.05) is 23.0 Å². The van der Waals surface area contributed by atoms with E-state index >= 15 is 0 Å². The Labute approximate surface area is 160 Å². The Balaban J connectivity index is 1.92. The number of thioether (sulfide) groups is 1. The van der Waals surface area contributed by atoms with E-state index in [9.17, 15) is 5.11 Å². The molecule has 134 valence electrons. The van der Waals surface area contributed by atoms with Crippen LogP contribution >= 0.6 is 35.6 Å². The average molecular weight is 399 g/mol. The Hall–Kier alpha value is -1.19. The number of ether oxygens (including phenoxy) is 1. The fourth-order valence-electron chi connectivity index (χ4n) is 2.82. The van der Waals surface area contributed by atoms with Crippen LogP contribution in [0.5, 0.6) is 5.88 Å². The van der Waals surface area contributed by atoms with E-state index in [4.69, 9.17) is 28.6 Å². The number of morpholine rings is 1. The van der Waals surface area contributed by atoms with E-state index in [0.717, 1.165) is 43.8 Å². The van der Waals surface area contributed by atoms with Gasteiger partial charge in [0.25, 0.3) is 0 Å². The van der Waals surface area contributed by atoms with Crippen LogP contribution in [0.15, 0.2) is 28.4 Å². The second-order valence-corrected chi connectivity index (χ2v) is 7.49. The summed E-state index contributed by atoms with van der Waals surface area (Å²) in [4.78, 5) is 2.31. The highest BCUT2D eigenvalue weighted by Crippen LogP contribution is 2.40. The number of aromatic nitrogens is 1. The van der Waals surface area contributed by atoms with Crippen molar-refractivity contribution < 1.29 is 9.84 Å². The van der Waals surface area contributed by atoms with Crippen LogP contribution in [0.1, 0.15) is 0 Å². The summed E-state index contributed by atoms with van der Waals surface area (Å²) in [6.45, 7) is 4.77. The normalized spacial score (nSPS) is 16.1. The van der Waals surface area contributed by atoms with Gasteiger partial charge in [-0.25, -0.2) is 0 Å². The van der Waals surface area contributed by atoms with E-state index in [1.54, 1.807) is 6.07 Å². The smallest absolute Gasteiger partial charge is 0.220 e. The highest BCUT2D eigenvalue weighted by Gasteiger charge is 2.18. The number of rotatable bonds is 4. The van der Waals surface area contributed by atoms with Crippen LogP contribution in [-0.4, -0.2) is 58.0 Å². The van der Waals surface area contributed by atoms with Gasteiger partial charge in [0.15, 0.2) is 10.0 Å². The van der Waals surface area contributed by atoms with Crippen LogP contribution in [0.4, 0.5) is 5.69 Å². The average Bonchev–Trinajstić information content (AvgIpc) is 2.89. The summed E-state index contributed by atoms with van der Waals surface area (Å²) in [7, 11) is 0. The number of hydrogen-bond donors (Lipinski definition) is 1. The fourth-order valence-corrected chi connectivity index (χ4v) is 3.15. The molecular formula is C16H19ClN4O2S2. The summed E-state index contributed by atoms with van der Waals surface area (Å²) in [5, 5.41) is 20.2. The van der Waals surface area contributed by atoms with Crippen LogP contribution in [0.3, 0.4) is 0 Å². The third-order valence-corrected chi connectivity index (χ3v) is 5.37. The van der Waals surface area contributed by atoms with E-state index in [1.165, 1.54) is 11.8 Å². The van der Waals surface area contributed by atoms with Crippen molar-refractivity contribution in [2.24, 2.45) is 10.2 Å². The number of halogens is 1. The van der Waals surface area contributed by atoms with E-state index < -0.39 is 0 Å². The van der Waals surface area contributed by atoms with Crippen molar-refractivity contribution in [3.63, 3.8) is 0 Å². The quantitative estimate of drug-likeness (QED) is 0.621. The van der Waals surface area contributed by atoms with E-state index in [2.05, 4.69) is 15.1 Å². The monoisotopic (exact) mass is 398 g/mol. The second-order valence-electron chi connectivity index (χ2n) is 5.61. The number of benzene rings is 1. The molecule has 6 nitrogen and oxygen atoms in total. The first kappa shape index (κ1) is 18.6. The maximum atomic E-state index is 10.7. The molecule has 3 rings (SSSR count). The molecule has 0 saturated carbocycles. The van der Waals surface area contributed by atoms with Gasteiger partial charge in [-0.3, -0.25) is 4.90 Å². The predicted molar refractivity (Wildman–Crippen MR) is 107 cm³/mol. The molecule has 0 spiro atoms. The van der Waals surface area contributed by atoms with Gasteiger partial charge in [0.05, 0.1) is 18.7 Å². The first-order valence-electron chi connectivity index (χ1n) is 7.90. The molecule has 25 heavy (non-hydrogen) atoms. The lowest BCUT2D eigenvalue weighted by Gasteiger charge is -2.26. The molecular weight excluding hydrogens is 380 g/mol. The van der Waals surface area contributed by atoms with Crippen molar-refractivity contribution in [1.82, 2.24) is 9.47 Å². The zero-order chi connectivity index (χ0) is 17.8. The minimum Gasteiger partial charge on any atom is -0.493 e. The highest BCUT2D eigenvalue weighted by molar-refractivity contribution is 8.22. The third kappa shape index (κ3) is 4.32. The molecule has 1 saturated heterocycles. The summed E-state index contributed by atoms with van der Waals surface area (Å²) in [6, 6.07) is 5.49. The van der Waals surface area contributed by atoms with Gasteiger partial charge in [0.1, 0.15) is 0 Å². The Bertz CT molecular complexity index is 803. The molecule has 1 aromatic carbocycles. The predicted octanol–water partition coefficient (Wildman–Crippen LogP) is 4.06. The van der Waals surface area contributed by atoms with Gasteiger partial charge in [-0.1, -0.05) is 23.4 Å². The van der Waals surface area contributed by atoms with Gasteiger partial charge >= 0.3 is 0 Å². The van der Waals surface area contributed by atoms with Crippen molar-refractivity contribution in [2.45, 2.75) is 6.54 Å². The number of fused-ring (bicyclic) bond motifs is 1. The zero-order valence-corrected chi connectivity index (χ0v) is 16.2. The Morgan fingerprint density at radius 3 is 2.84 bits per heavy atom. The van der Waals surface area contributed by atoms with Crippen LogP contribution in [0.2, 0.25) is 5.02 Å². The largest absolute Gasteiger partial charge is 0.493 e. The van der Waals surface area contributed by atoms with Gasteiger partial charge in [-0.2, -0.15) is 0 Å². The number of hydrogen-bond acceptors (Lipinski definition) is 6. The standard InChI is InChI=1S/C16H19ClN4O2S2/c1-25-16(24)19-18-14-12-10-11(17)2-3-13(12)21(15(14)22)5-4-20-6-8-23-9-7-20/h2-3,10,22H,4-9H2,1H3. The van der Waals surface area contributed by atoms with Crippen molar-refractivity contribution >= 4 is 56.5 Å². The lowest BCUT2D eigenvalue weighted by molar-refractivity contribution is 0.0363. The first-order valence-corrected chi connectivity index (χ1v) is 9.91. The molecule has 2 aromatic rings. The van der Waals surface area contributed by atoms with Crippen LogP contribution < -0.4 is 0 Å². The number of azo groups is 1. The molecule has 9 heteroatoms. The topological polar surface area (TPSA) is 62.4 Å². The van der Waals surface area contributed by atoms with Crippen molar-refractivity contribution in [3.8, 4) is 5.88 Å². The Morgan fingerprint density at radius 2 is 2.12 bits per heavy atom.